The zero-order valence-corrected chi connectivity index (χ0v) is 9.09. The van der Waals surface area contributed by atoms with Crippen molar-refractivity contribution < 1.29 is 0 Å². The predicted octanol–water partition coefficient (Wildman–Crippen LogP) is 1.91. The number of rotatable bonds is 0. The van der Waals surface area contributed by atoms with E-state index in [0.717, 1.165) is 13.0 Å². The van der Waals surface area contributed by atoms with Crippen LogP contribution in [0.3, 0.4) is 0 Å². The maximum absolute atomic E-state index is 4.15. The lowest BCUT2D eigenvalue weighted by Gasteiger charge is -2.24. The zero-order valence-electron chi connectivity index (χ0n) is 9.09. The van der Waals surface area contributed by atoms with Crippen LogP contribution in [0.4, 0.5) is 0 Å². The minimum Gasteiger partial charge on any atom is -0.310 e. The highest BCUT2D eigenvalue weighted by Crippen LogP contribution is 2.27. The van der Waals surface area contributed by atoms with Crippen molar-refractivity contribution in [2.75, 3.05) is 0 Å². The summed E-state index contributed by atoms with van der Waals surface area (Å²) in [6.45, 7) is 5.35. The van der Waals surface area contributed by atoms with Gasteiger partial charge in [0, 0.05) is 18.0 Å². The first-order valence-corrected chi connectivity index (χ1v) is 5.43. The molecule has 1 aliphatic heterocycles. The van der Waals surface area contributed by atoms with Gasteiger partial charge in [-0.3, -0.25) is 5.10 Å². The van der Waals surface area contributed by atoms with E-state index in [1.54, 1.807) is 0 Å². The third-order valence-corrected chi connectivity index (χ3v) is 3.29. The Kier molecular flexibility index (Phi) is 1.83. The van der Waals surface area contributed by atoms with E-state index >= 15 is 0 Å². The Morgan fingerprint density at radius 2 is 2.33 bits per heavy atom. The molecule has 0 aliphatic carbocycles. The average Bonchev–Trinajstić information content (AvgIpc) is 2.69. The smallest absolute Gasteiger partial charge is 0.0682 e. The Hall–Kier alpha value is -1.35. The molecule has 1 atom stereocenters. The van der Waals surface area contributed by atoms with Gasteiger partial charge in [0.15, 0.2) is 0 Å². The first-order chi connectivity index (χ1) is 7.25. The normalized spacial score (nSPS) is 20.5. The summed E-state index contributed by atoms with van der Waals surface area (Å²) in [6, 6.07) is 2.84. The molecule has 3 heteroatoms. The number of benzene rings is 1. The van der Waals surface area contributed by atoms with Crippen LogP contribution in [0.1, 0.15) is 23.6 Å². The Balaban J connectivity index is 2.31. The maximum atomic E-state index is 4.15. The fourth-order valence-corrected chi connectivity index (χ4v) is 2.47. The first-order valence-electron chi connectivity index (χ1n) is 5.43. The van der Waals surface area contributed by atoms with Crippen molar-refractivity contribution in [1.82, 2.24) is 15.5 Å². The van der Waals surface area contributed by atoms with Gasteiger partial charge in [-0.25, -0.2) is 0 Å². The maximum Gasteiger partial charge on any atom is 0.0682 e. The highest BCUT2D eigenvalue weighted by Gasteiger charge is 2.18. The van der Waals surface area contributed by atoms with Crippen molar-refractivity contribution in [1.29, 1.82) is 0 Å². The highest BCUT2D eigenvalue weighted by molar-refractivity contribution is 5.86. The van der Waals surface area contributed by atoms with Gasteiger partial charge in [0.05, 0.1) is 11.7 Å². The number of aromatic amines is 1. The number of fused-ring (bicyclic) bond motifs is 3. The molecule has 78 valence electrons. The van der Waals surface area contributed by atoms with E-state index in [1.807, 2.05) is 6.20 Å². The predicted molar refractivity (Wildman–Crippen MR) is 60.8 cm³/mol. The molecule has 1 aliphatic rings. The number of H-pyrrole nitrogens is 1. The summed E-state index contributed by atoms with van der Waals surface area (Å²) < 4.78 is 0. The van der Waals surface area contributed by atoms with Gasteiger partial charge in [0.2, 0.25) is 0 Å². The SMILES string of the molecule is Cc1cc2c(c3cn[nH]c13)C[C@@H](C)NC2. The molecule has 0 amide bonds. The first kappa shape index (κ1) is 8.92. The lowest BCUT2D eigenvalue weighted by molar-refractivity contribution is 0.516. The topological polar surface area (TPSA) is 40.7 Å². The van der Waals surface area contributed by atoms with Crippen LogP contribution >= 0.6 is 0 Å². The molecule has 3 rings (SSSR count). The summed E-state index contributed by atoms with van der Waals surface area (Å²) in [5.41, 5.74) is 5.38. The van der Waals surface area contributed by atoms with Crippen LogP contribution in [0.25, 0.3) is 10.9 Å². The van der Waals surface area contributed by atoms with E-state index in [-0.39, 0.29) is 0 Å². The third-order valence-electron chi connectivity index (χ3n) is 3.29. The molecular weight excluding hydrogens is 186 g/mol. The molecule has 1 aromatic carbocycles. The summed E-state index contributed by atoms with van der Waals surface area (Å²) >= 11 is 0. The second-order valence-electron chi connectivity index (χ2n) is 4.48. The second-order valence-corrected chi connectivity index (χ2v) is 4.48. The number of nitrogens with one attached hydrogen (secondary N) is 2. The average molecular weight is 201 g/mol. The van der Waals surface area contributed by atoms with Crippen LogP contribution < -0.4 is 5.32 Å². The molecule has 2 N–H and O–H groups in total. The van der Waals surface area contributed by atoms with E-state index in [1.165, 1.54) is 27.6 Å². The molecule has 0 saturated heterocycles. The van der Waals surface area contributed by atoms with Gasteiger partial charge in [-0.2, -0.15) is 5.10 Å². The van der Waals surface area contributed by atoms with E-state index in [2.05, 4.69) is 35.4 Å². The molecule has 0 bridgehead atoms. The Morgan fingerprint density at radius 1 is 1.47 bits per heavy atom. The lowest BCUT2D eigenvalue weighted by Crippen LogP contribution is -2.32. The van der Waals surface area contributed by atoms with Crippen LogP contribution in [-0.2, 0) is 13.0 Å². The van der Waals surface area contributed by atoms with Crippen molar-refractivity contribution in [3.63, 3.8) is 0 Å². The third kappa shape index (κ3) is 1.27. The van der Waals surface area contributed by atoms with Gasteiger partial charge in [-0.1, -0.05) is 6.07 Å². The molecule has 0 saturated carbocycles. The number of aromatic nitrogens is 2. The molecule has 15 heavy (non-hydrogen) atoms. The Bertz CT molecular complexity index is 513. The van der Waals surface area contributed by atoms with Crippen molar-refractivity contribution in [3.05, 3.63) is 29.0 Å². The quantitative estimate of drug-likeness (QED) is 0.683. The second kappa shape index (κ2) is 3.07. The van der Waals surface area contributed by atoms with E-state index in [0.29, 0.717) is 6.04 Å². The largest absolute Gasteiger partial charge is 0.310 e. The number of hydrogen-bond acceptors (Lipinski definition) is 2. The van der Waals surface area contributed by atoms with Crippen LogP contribution in [-0.4, -0.2) is 16.2 Å². The highest BCUT2D eigenvalue weighted by atomic mass is 15.1. The van der Waals surface area contributed by atoms with Gasteiger partial charge >= 0.3 is 0 Å². The van der Waals surface area contributed by atoms with Gasteiger partial charge in [0.25, 0.3) is 0 Å². The van der Waals surface area contributed by atoms with Gasteiger partial charge in [-0.05, 0) is 37.0 Å². The molecule has 0 fully saturated rings. The molecule has 1 aromatic heterocycles. The number of nitrogens with zero attached hydrogens (tertiary/aromatic N) is 1. The zero-order chi connectivity index (χ0) is 10.4. The van der Waals surface area contributed by atoms with Crippen molar-refractivity contribution in [2.45, 2.75) is 32.9 Å². The molecule has 3 nitrogen and oxygen atoms in total. The molecule has 2 aromatic rings. The summed E-state index contributed by atoms with van der Waals surface area (Å²) in [6.07, 6.45) is 3.06. The minimum absolute atomic E-state index is 0.568. The van der Waals surface area contributed by atoms with E-state index in [9.17, 15) is 0 Å². The van der Waals surface area contributed by atoms with Crippen LogP contribution in [0.2, 0.25) is 0 Å². The molecule has 0 unspecified atom stereocenters. The Morgan fingerprint density at radius 3 is 3.20 bits per heavy atom. The van der Waals surface area contributed by atoms with Crippen molar-refractivity contribution >= 4 is 10.9 Å². The molecule has 0 radical (unpaired) electrons. The number of aryl methyl sites for hydroxylation is 1. The van der Waals surface area contributed by atoms with Gasteiger partial charge in [-0.15, -0.1) is 0 Å². The molecule has 2 heterocycles. The van der Waals surface area contributed by atoms with Gasteiger partial charge in [0.1, 0.15) is 0 Å². The standard InChI is InChI=1S/C12H15N3/c1-7-3-9-5-13-8(2)4-10(9)11-6-14-15-12(7)11/h3,6,8,13H,4-5H2,1-2H3,(H,14,15)/t8-/m1/s1. The monoisotopic (exact) mass is 201 g/mol. The summed E-state index contributed by atoms with van der Waals surface area (Å²) in [4.78, 5) is 0. The summed E-state index contributed by atoms with van der Waals surface area (Å²) in [7, 11) is 0. The van der Waals surface area contributed by atoms with Crippen molar-refractivity contribution in [3.8, 4) is 0 Å². The van der Waals surface area contributed by atoms with E-state index in [4.69, 9.17) is 0 Å². The number of hydrogen-bond donors (Lipinski definition) is 2. The van der Waals surface area contributed by atoms with Gasteiger partial charge < -0.3 is 5.32 Å². The fourth-order valence-electron chi connectivity index (χ4n) is 2.47. The van der Waals surface area contributed by atoms with Crippen LogP contribution in [0, 0.1) is 6.92 Å². The fraction of sp³-hybridized carbons (Fsp3) is 0.417. The Labute approximate surface area is 88.9 Å². The van der Waals surface area contributed by atoms with E-state index < -0.39 is 0 Å². The summed E-state index contributed by atoms with van der Waals surface area (Å²) in [5, 5.41) is 12.0. The summed E-state index contributed by atoms with van der Waals surface area (Å²) in [5.74, 6) is 0. The lowest BCUT2D eigenvalue weighted by atomic mass is 9.92. The minimum atomic E-state index is 0.568. The van der Waals surface area contributed by atoms with Crippen LogP contribution in [0.5, 0.6) is 0 Å². The van der Waals surface area contributed by atoms with Crippen molar-refractivity contribution in [2.24, 2.45) is 0 Å². The van der Waals surface area contributed by atoms with Crippen LogP contribution in [0.15, 0.2) is 12.3 Å². The molecule has 0 spiro atoms. The molecular formula is C12H15N3.